The predicted molar refractivity (Wildman–Crippen MR) is 80.5 cm³/mol. The van der Waals surface area contributed by atoms with Crippen molar-refractivity contribution in [1.29, 1.82) is 0 Å². The molecular weight excluding hydrogens is 272 g/mol. The molecule has 20 heavy (non-hydrogen) atoms. The van der Waals surface area contributed by atoms with Crippen LogP contribution in [-0.4, -0.2) is 16.1 Å². The lowest BCUT2D eigenvalue weighted by Gasteiger charge is -2.10. The molecule has 1 aromatic heterocycles. The largest absolute Gasteiger partial charge is 0.316 e. The molecule has 1 amide bonds. The van der Waals surface area contributed by atoms with E-state index >= 15 is 0 Å². The highest BCUT2D eigenvalue weighted by Crippen LogP contribution is 2.20. The van der Waals surface area contributed by atoms with E-state index in [2.05, 4.69) is 29.4 Å². The number of aromatic nitrogens is 2. The first-order valence-corrected chi connectivity index (χ1v) is 7.31. The lowest BCUT2D eigenvalue weighted by Crippen LogP contribution is -2.27. The van der Waals surface area contributed by atoms with Crippen molar-refractivity contribution in [3.8, 4) is 0 Å². The van der Waals surface area contributed by atoms with Gasteiger partial charge in [0, 0.05) is 6.42 Å². The van der Waals surface area contributed by atoms with Crippen LogP contribution >= 0.6 is 11.3 Å². The third-order valence-corrected chi connectivity index (χ3v) is 3.58. The van der Waals surface area contributed by atoms with Crippen LogP contribution in [0.2, 0.25) is 0 Å². The van der Waals surface area contributed by atoms with Crippen LogP contribution in [0.15, 0.2) is 30.3 Å². The average Bonchev–Trinajstić information content (AvgIpc) is 2.85. The zero-order valence-electron chi connectivity index (χ0n) is 11.5. The maximum Gasteiger partial charge on any atom is 0.247 e. The Bertz CT molecular complexity index is 568. The lowest BCUT2D eigenvalue weighted by atomic mass is 10.1. The van der Waals surface area contributed by atoms with Gasteiger partial charge in [0.1, 0.15) is 11.0 Å². The van der Waals surface area contributed by atoms with Crippen LogP contribution in [0.1, 0.15) is 30.5 Å². The first-order chi connectivity index (χ1) is 9.56. The topological polar surface area (TPSA) is 80.9 Å². The van der Waals surface area contributed by atoms with Gasteiger partial charge in [0.25, 0.3) is 0 Å². The third kappa shape index (κ3) is 3.85. The third-order valence-electron chi connectivity index (χ3n) is 2.72. The second-order valence-electron chi connectivity index (χ2n) is 4.98. The number of nitrogens with two attached hydrogens (primary N) is 1. The van der Waals surface area contributed by atoms with Crippen LogP contribution in [-0.2, 0) is 11.2 Å². The Labute approximate surface area is 122 Å². The molecule has 1 atom stereocenters. The number of benzene rings is 1. The Morgan fingerprint density at radius 1 is 1.30 bits per heavy atom. The monoisotopic (exact) mass is 290 g/mol. The highest BCUT2D eigenvalue weighted by atomic mass is 32.1. The smallest absolute Gasteiger partial charge is 0.247 e. The minimum Gasteiger partial charge on any atom is -0.316 e. The highest BCUT2D eigenvalue weighted by molar-refractivity contribution is 7.15. The summed E-state index contributed by atoms with van der Waals surface area (Å²) in [4.78, 5) is 12.0. The van der Waals surface area contributed by atoms with Crippen LogP contribution in [0.3, 0.4) is 0 Å². The van der Waals surface area contributed by atoms with Crippen LogP contribution < -0.4 is 11.1 Å². The molecule has 5 nitrogen and oxygen atoms in total. The molecule has 1 aromatic carbocycles. The Balaban J connectivity index is 1.99. The minimum atomic E-state index is -0.700. The molecule has 1 unspecified atom stereocenters. The highest BCUT2D eigenvalue weighted by Gasteiger charge is 2.17. The van der Waals surface area contributed by atoms with Crippen molar-refractivity contribution in [3.63, 3.8) is 0 Å². The van der Waals surface area contributed by atoms with E-state index in [4.69, 9.17) is 5.73 Å². The molecule has 0 saturated carbocycles. The van der Waals surface area contributed by atoms with E-state index < -0.39 is 6.04 Å². The number of anilines is 1. The second-order valence-corrected chi connectivity index (χ2v) is 6.04. The molecule has 106 valence electrons. The Morgan fingerprint density at radius 2 is 2.00 bits per heavy atom. The predicted octanol–water partition coefficient (Wildman–Crippen LogP) is 2.38. The summed E-state index contributed by atoms with van der Waals surface area (Å²) in [5.41, 5.74) is 6.69. The summed E-state index contributed by atoms with van der Waals surface area (Å²) in [7, 11) is 0. The van der Waals surface area contributed by atoms with Gasteiger partial charge < -0.3 is 5.73 Å². The molecular formula is C14H18N4OS. The molecule has 0 aliphatic rings. The number of rotatable bonds is 5. The molecule has 0 radical (unpaired) electrons. The van der Waals surface area contributed by atoms with Gasteiger partial charge in [-0.2, -0.15) is 0 Å². The summed E-state index contributed by atoms with van der Waals surface area (Å²) in [6.45, 7) is 4.23. The van der Waals surface area contributed by atoms with E-state index in [0.717, 1.165) is 17.0 Å². The number of nitrogens with zero attached hydrogens (tertiary/aromatic N) is 2. The number of hydrogen-bond acceptors (Lipinski definition) is 5. The molecule has 0 aliphatic heterocycles. The van der Waals surface area contributed by atoms with Crippen molar-refractivity contribution >= 4 is 22.4 Å². The zero-order chi connectivity index (χ0) is 14.5. The SMILES string of the molecule is CC(C)Cc1nnc(NC(=O)C(N)c2ccccc2)s1. The van der Waals surface area contributed by atoms with Gasteiger partial charge in [-0.25, -0.2) is 0 Å². The Hall–Kier alpha value is -1.79. The number of nitrogens with one attached hydrogen (secondary N) is 1. The molecule has 0 aliphatic carbocycles. The Kier molecular flexibility index (Phi) is 4.81. The fourth-order valence-electron chi connectivity index (χ4n) is 1.73. The van der Waals surface area contributed by atoms with Crippen molar-refractivity contribution < 1.29 is 4.79 Å². The maximum atomic E-state index is 12.0. The molecule has 3 N–H and O–H groups in total. The van der Waals surface area contributed by atoms with Crippen molar-refractivity contribution in [2.45, 2.75) is 26.3 Å². The van der Waals surface area contributed by atoms with Gasteiger partial charge in [0.05, 0.1) is 0 Å². The summed E-state index contributed by atoms with van der Waals surface area (Å²) in [6.07, 6.45) is 0.859. The first kappa shape index (κ1) is 14.6. The van der Waals surface area contributed by atoms with Crippen molar-refractivity contribution in [1.82, 2.24) is 10.2 Å². The molecule has 1 heterocycles. The standard InChI is InChI=1S/C14H18N4OS/c1-9(2)8-11-17-18-14(20-11)16-13(19)12(15)10-6-4-3-5-7-10/h3-7,9,12H,8,15H2,1-2H3,(H,16,18,19). The summed E-state index contributed by atoms with van der Waals surface area (Å²) in [6, 6.07) is 8.55. The summed E-state index contributed by atoms with van der Waals surface area (Å²) in [5, 5.41) is 12.2. The van der Waals surface area contributed by atoms with Gasteiger partial charge in [0.2, 0.25) is 11.0 Å². The number of carbonyl (C=O) groups excluding carboxylic acids is 1. The molecule has 0 saturated heterocycles. The van der Waals surface area contributed by atoms with Gasteiger partial charge in [0.15, 0.2) is 0 Å². The summed E-state index contributed by atoms with van der Waals surface area (Å²) < 4.78 is 0. The lowest BCUT2D eigenvalue weighted by molar-refractivity contribution is -0.117. The fourth-order valence-corrected chi connectivity index (χ4v) is 2.69. The fraction of sp³-hybridized carbons (Fsp3) is 0.357. The van der Waals surface area contributed by atoms with Crippen LogP contribution in [0.25, 0.3) is 0 Å². The van der Waals surface area contributed by atoms with Gasteiger partial charge in [-0.1, -0.05) is 55.5 Å². The van der Waals surface area contributed by atoms with Crippen molar-refractivity contribution in [3.05, 3.63) is 40.9 Å². The van der Waals surface area contributed by atoms with E-state index in [-0.39, 0.29) is 5.91 Å². The quantitative estimate of drug-likeness (QED) is 0.886. The number of hydrogen-bond donors (Lipinski definition) is 2. The van der Waals surface area contributed by atoms with E-state index in [1.807, 2.05) is 30.3 Å². The van der Waals surface area contributed by atoms with Crippen LogP contribution in [0, 0.1) is 5.92 Å². The van der Waals surface area contributed by atoms with Crippen molar-refractivity contribution in [2.75, 3.05) is 5.32 Å². The minimum absolute atomic E-state index is 0.275. The number of amides is 1. The summed E-state index contributed by atoms with van der Waals surface area (Å²) in [5.74, 6) is 0.238. The molecule has 0 bridgehead atoms. The molecule has 6 heteroatoms. The summed E-state index contributed by atoms with van der Waals surface area (Å²) >= 11 is 1.39. The van der Waals surface area contributed by atoms with E-state index in [1.54, 1.807) is 0 Å². The van der Waals surface area contributed by atoms with Crippen molar-refractivity contribution in [2.24, 2.45) is 11.7 Å². The van der Waals surface area contributed by atoms with E-state index in [0.29, 0.717) is 11.0 Å². The van der Waals surface area contributed by atoms with Gasteiger partial charge in [-0.3, -0.25) is 10.1 Å². The normalized spacial score (nSPS) is 12.4. The molecule has 0 spiro atoms. The number of carbonyl (C=O) groups is 1. The Morgan fingerprint density at radius 3 is 2.65 bits per heavy atom. The van der Waals surface area contributed by atoms with Gasteiger partial charge in [-0.15, -0.1) is 10.2 Å². The van der Waals surface area contributed by atoms with Crippen LogP contribution in [0.4, 0.5) is 5.13 Å². The zero-order valence-corrected chi connectivity index (χ0v) is 12.4. The van der Waals surface area contributed by atoms with Gasteiger partial charge in [-0.05, 0) is 11.5 Å². The van der Waals surface area contributed by atoms with Gasteiger partial charge >= 0.3 is 0 Å². The molecule has 2 rings (SSSR count). The molecule has 2 aromatic rings. The van der Waals surface area contributed by atoms with Crippen LogP contribution in [0.5, 0.6) is 0 Å². The average molecular weight is 290 g/mol. The second kappa shape index (κ2) is 6.58. The van der Waals surface area contributed by atoms with E-state index in [9.17, 15) is 4.79 Å². The molecule has 0 fully saturated rings. The maximum absolute atomic E-state index is 12.0. The first-order valence-electron chi connectivity index (χ1n) is 6.50. The van der Waals surface area contributed by atoms with E-state index in [1.165, 1.54) is 11.3 Å².